The Morgan fingerprint density at radius 2 is 1.44 bits per heavy atom. The van der Waals surface area contributed by atoms with Crippen LogP contribution in [0.25, 0.3) is 0 Å². The molecule has 0 radical (unpaired) electrons. The molecule has 0 unspecified atom stereocenters. The van der Waals surface area contributed by atoms with Crippen molar-refractivity contribution in [3.63, 3.8) is 0 Å². The van der Waals surface area contributed by atoms with E-state index in [0.29, 0.717) is 20.6 Å². The van der Waals surface area contributed by atoms with E-state index in [2.05, 4.69) is 0 Å². The maximum absolute atomic E-state index is 12.5. The second kappa shape index (κ2) is 6.27. The predicted molar refractivity (Wildman–Crippen MR) is 77.0 cm³/mol. The number of hydrogen-bond acceptors (Lipinski definition) is 1. The monoisotopic (exact) mass is 304 g/mol. The first-order chi connectivity index (χ1) is 8.59. The highest BCUT2D eigenvalue weighted by atomic mass is 35.5. The van der Waals surface area contributed by atoms with Crippen LogP contribution < -0.4 is 0 Å². The molecule has 1 aliphatic rings. The molecule has 0 aliphatic heterocycles. The Kier molecular flexibility index (Phi) is 4.94. The molecule has 0 bridgehead atoms. The fraction of sp³-hybridized carbons (Fsp3) is 0.500. The average molecular weight is 306 g/mol. The number of hydrogen-bond donors (Lipinski definition) is 0. The summed E-state index contributed by atoms with van der Waals surface area (Å²) in [5.74, 6) is 0.132. The molecule has 0 aromatic heterocycles. The zero-order valence-electron chi connectivity index (χ0n) is 10.0. The Morgan fingerprint density at radius 1 is 0.944 bits per heavy atom. The van der Waals surface area contributed by atoms with Crippen molar-refractivity contribution in [2.45, 2.75) is 38.5 Å². The highest BCUT2D eigenvalue weighted by Crippen LogP contribution is 2.34. The summed E-state index contributed by atoms with van der Waals surface area (Å²) in [6.07, 6.45) is 6.53. The quantitative estimate of drug-likeness (QED) is 0.498. The van der Waals surface area contributed by atoms with Gasteiger partial charge in [0.15, 0.2) is 5.78 Å². The molecule has 2 rings (SSSR count). The minimum Gasteiger partial charge on any atom is -0.294 e. The number of ketones is 1. The van der Waals surface area contributed by atoms with E-state index in [1.807, 2.05) is 0 Å². The third kappa shape index (κ3) is 3.20. The second-order valence-corrected chi connectivity index (χ2v) is 6.05. The van der Waals surface area contributed by atoms with Gasteiger partial charge in [-0.25, -0.2) is 0 Å². The first-order valence-corrected chi connectivity index (χ1v) is 7.41. The van der Waals surface area contributed by atoms with Crippen LogP contribution in [0, 0.1) is 5.92 Å². The number of carbonyl (C=O) groups excluding carboxylic acids is 1. The molecular formula is C14H15Cl3O. The Balaban J connectivity index is 2.27. The van der Waals surface area contributed by atoms with Crippen LogP contribution in [0.4, 0.5) is 0 Å². The van der Waals surface area contributed by atoms with Crippen molar-refractivity contribution >= 4 is 40.6 Å². The zero-order valence-corrected chi connectivity index (χ0v) is 12.3. The van der Waals surface area contributed by atoms with Gasteiger partial charge in [-0.2, -0.15) is 0 Å². The highest BCUT2D eigenvalue weighted by molar-refractivity contribution is 6.42. The summed E-state index contributed by atoms with van der Waals surface area (Å²) in [4.78, 5) is 12.5. The topological polar surface area (TPSA) is 17.1 Å². The summed E-state index contributed by atoms with van der Waals surface area (Å²) >= 11 is 18.1. The van der Waals surface area contributed by atoms with E-state index in [1.165, 1.54) is 12.8 Å². The number of rotatable bonds is 2. The van der Waals surface area contributed by atoms with Crippen molar-refractivity contribution in [2.24, 2.45) is 5.92 Å². The summed E-state index contributed by atoms with van der Waals surface area (Å²) in [7, 11) is 0. The molecule has 0 spiro atoms. The molecule has 4 heteroatoms. The molecule has 1 nitrogen and oxygen atoms in total. The number of Topliss-reactive ketones (excluding diaryl/α,β-unsaturated/α-hetero) is 1. The zero-order chi connectivity index (χ0) is 13.1. The lowest BCUT2D eigenvalue weighted by Gasteiger charge is -2.15. The third-order valence-electron chi connectivity index (χ3n) is 3.48. The molecular weight excluding hydrogens is 291 g/mol. The van der Waals surface area contributed by atoms with Gasteiger partial charge in [0.05, 0.1) is 15.6 Å². The fourth-order valence-electron chi connectivity index (χ4n) is 2.52. The minimum atomic E-state index is 0.0590. The van der Waals surface area contributed by atoms with Gasteiger partial charge < -0.3 is 0 Å². The van der Waals surface area contributed by atoms with Crippen LogP contribution in [0.15, 0.2) is 12.1 Å². The van der Waals surface area contributed by atoms with E-state index >= 15 is 0 Å². The van der Waals surface area contributed by atoms with Crippen molar-refractivity contribution < 1.29 is 4.79 Å². The molecule has 1 aromatic carbocycles. The van der Waals surface area contributed by atoms with Gasteiger partial charge in [0, 0.05) is 10.9 Å². The lowest BCUT2D eigenvalue weighted by Crippen LogP contribution is -2.15. The summed E-state index contributed by atoms with van der Waals surface area (Å²) in [5.41, 5.74) is 0.439. The molecule has 18 heavy (non-hydrogen) atoms. The summed E-state index contributed by atoms with van der Waals surface area (Å²) in [5, 5.41) is 1.19. The smallest absolute Gasteiger partial charge is 0.168 e. The Hall–Kier alpha value is -0.240. The number of carbonyl (C=O) groups is 1. The summed E-state index contributed by atoms with van der Waals surface area (Å²) in [6.45, 7) is 0. The normalized spacial score (nSPS) is 17.5. The van der Waals surface area contributed by atoms with Crippen molar-refractivity contribution in [3.05, 3.63) is 32.8 Å². The standard InChI is InChI=1S/C14H15Cl3O/c15-10-7-11(16)13(12(17)8-10)14(18)9-5-3-1-2-4-6-9/h7-9H,1-6H2. The van der Waals surface area contributed by atoms with E-state index in [0.717, 1.165) is 25.7 Å². The van der Waals surface area contributed by atoms with Gasteiger partial charge in [-0.05, 0) is 25.0 Å². The van der Waals surface area contributed by atoms with Crippen LogP contribution in [-0.2, 0) is 0 Å². The van der Waals surface area contributed by atoms with Crippen molar-refractivity contribution in [1.82, 2.24) is 0 Å². The van der Waals surface area contributed by atoms with Crippen LogP contribution in [0.2, 0.25) is 15.1 Å². The van der Waals surface area contributed by atoms with E-state index in [-0.39, 0.29) is 11.7 Å². The lowest BCUT2D eigenvalue weighted by molar-refractivity contribution is 0.0908. The molecule has 1 fully saturated rings. The molecule has 0 heterocycles. The number of benzene rings is 1. The molecule has 0 saturated heterocycles. The third-order valence-corrected chi connectivity index (χ3v) is 4.29. The Labute approximate surface area is 122 Å². The first-order valence-electron chi connectivity index (χ1n) is 6.28. The van der Waals surface area contributed by atoms with E-state index < -0.39 is 0 Å². The summed E-state index contributed by atoms with van der Waals surface area (Å²) in [6, 6.07) is 3.16. The van der Waals surface area contributed by atoms with Crippen LogP contribution >= 0.6 is 34.8 Å². The van der Waals surface area contributed by atoms with Crippen molar-refractivity contribution in [3.8, 4) is 0 Å². The Morgan fingerprint density at radius 3 is 1.94 bits per heavy atom. The molecule has 0 atom stereocenters. The van der Waals surface area contributed by atoms with Gasteiger partial charge in [-0.3, -0.25) is 4.79 Å². The van der Waals surface area contributed by atoms with Gasteiger partial charge in [0.2, 0.25) is 0 Å². The van der Waals surface area contributed by atoms with Gasteiger partial charge in [0.1, 0.15) is 0 Å². The van der Waals surface area contributed by atoms with Gasteiger partial charge in [-0.15, -0.1) is 0 Å². The average Bonchev–Trinajstić information content (AvgIpc) is 2.55. The highest BCUT2D eigenvalue weighted by Gasteiger charge is 2.25. The maximum Gasteiger partial charge on any atom is 0.168 e. The van der Waals surface area contributed by atoms with Crippen LogP contribution in [0.1, 0.15) is 48.9 Å². The van der Waals surface area contributed by atoms with Crippen molar-refractivity contribution in [2.75, 3.05) is 0 Å². The van der Waals surface area contributed by atoms with E-state index in [4.69, 9.17) is 34.8 Å². The Bertz CT molecular complexity index is 425. The molecule has 1 aliphatic carbocycles. The number of halogens is 3. The van der Waals surface area contributed by atoms with Crippen molar-refractivity contribution in [1.29, 1.82) is 0 Å². The first kappa shape index (κ1) is 14.2. The molecule has 1 saturated carbocycles. The van der Waals surface area contributed by atoms with E-state index in [9.17, 15) is 4.79 Å². The van der Waals surface area contributed by atoms with Crippen LogP contribution in [0.3, 0.4) is 0 Å². The molecule has 0 N–H and O–H groups in total. The maximum atomic E-state index is 12.5. The molecule has 0 amide bonds. The molecule has 1 aromatic rings. The fourth-order valence-corrected chi connectivity index (χ4v) is 3.53. The minimum absolute atomic E-state index is 0.0590. The predicted octanol–water partition coefficient (Wildman–Crippen LogP) is 5.80. The SMILES string of the molecule is O=C(c1c(Cl)cc(Cl)cc1Cl)C1CCCCCC1. The second-order valence-electron chi connectivity index (χ2n) is 4.80. The van der Waals surface area contributed by atoms with Crippen LogP contribution in [0.5, 0.6) is 0 Å². The van der Waals surface area contributed by atoms with Gasteiger partial charge in [0.25, 0.3) is 0 Å². The lowest BCUT2D eigenvalue weighted by atomic mass is 9.91. The van der Waals surface area contributed by atoms with Gasteiger partial charge in [-0.1, -0.05) is 60.5 Å². The van der Waals surface area contributed by atoms with Crippen LogP contribution in [-0.4, -0.2) is 5.78 Å². The van der Waals surface area contributed by atoms with E-state index in [1.54, 1.807) is 12.1 Å². The summed E-state index contributed by atoms with van der Waals surface area (Å²) < 4.78 is 0. The van der Waals surface area contributed by atoms with Gasteiger partial charge >= 0.3 is 0 Å². The largest absolute Gasteiger partial charge is 0.294 e. The molecule has 98 valence electrons.